The summed E-state index contributed by atoms with van der Waals surface area (Å²) >= 11 is 6.17. The summed E-state index contributed by atoms with van der Waals surface area (Å²) in [6, 6.07) is 14.3. The Balaban J connectivity index is 1.64. The molecule has 142 valence electrons. The zero-order chi connectivity index (χ0) is 19.9. The van der Waals surface area contributed by atoms with Crippen molar-refractivity contribution in [1.29, 1.82) is 0 Å². The minimum absolute atomic E-state index is 0.164. The summed E-state index contributed by atoms with van der Waals surface area (Å²) < 4.78 is 0. The Morgan fingerprint density at radius 3 is 2.64 bits per heavy atom. The number of rotatable bonds is 3. The van der Waals surface area contributed by atoms with Gasteiger partial charge in [0.05, 0.1) is 16.4 Å². The first kappa shape index (κ1) is 18.1. The number of hydrogen-bond acceptors (Lipinski definition) is 5. The number of aromatic nitrogens is 4. The molecule has 0 aliphatic carbocycles. The second-order valence-corrected chi connectivity index (χ2v) is 7.29. The molecule has 0 saturated heterocycles. The van der Waals surface area contributed by atoms with Gasteiger partial charge in [-0.1, -0.05) is 35.9 Å². The van der Waals surface area contributed by atoms with E-state index < -0.39 is 5.54 Å². The molecular weight excluding hydrogens is 380 g/mol. The smallest absolute Gasteiger partial charge is 0.251 e. The Morgan fingerprint density at radius 2 is 1.86 bits per heavy atom. The van der Waals surface area contributed by atoms with E-state index in [-0.39, 0.29) is 18.4 Å². The van der Waals surface area contributed by atoms with Crippen LogP contribution in [-0.2, 0) is 16.1 Å². The molecule has 0 radical (unpaired) electrons. The molecule has 9 heteroatoms. The number of amides is 2. The second kappa shape index (κ2) is 6.72. The number of para-hydroxylation sites is 2. The van der Waals surface area contributed by atoms with Crippen LogP contribution in [-0.4, -0.2) is 37.6 Å². The number of benzene rings is 2. The zero-order valence-corrected chi connectivity index (χ0v) is 16.0. The Labute approximate surface area is 166 Å². The fraction of sp³-hybridized carbons (Fsp3) is 0.211. The van der Waals surface area contributed by atoms with Crippen LogP contribution in [0.4, 0.5) is 11.4 Å². The van der Waals surface area contributed by atoms with E-state index in [0.717, 1.165) is 0 Å². The summed E-state index contributed by atoms with van der Waals surface area (Å²) in [5.41, 5.74) is 0.787. The maximum absolute atomic E-state index is 13.1. The number of halogens is 1. The maximum Gasteiger partial charge on any atom is 0.251 e. The first-order valence-electron chi connectivity index (χ1n) is 8.64. The number of fused-ring (bicyclic) bond motifs is 1. The topological polar surface area (TPSA) is 93.0 Å². The zero-order valence-electron chi connectivity index (χ0n) is 15.3. The van der Waals surface area contributed by atoms with Crippen molar-refractivity contribution < 1.29 is 9.59 Å². The van der Waals surface area contributed by atoms with E-state index in [4.69, 9.17) is 11.6 Å². The average molecular weight is 397 g/mol. The molecule has 28 heavy (non-hydrogen) atoms. The molecule has 2 aromatic carbocycles. The molecule has 0 bridgehead atoms. The number of anilines is 2. The molecule has 3 aromatic rings. The molecule has 2 heterocycles. The van der Waals surface area contributed by atoms with Crippen LogP contribution in [0.2, 0.25) is 5.02 Å². The van der Waals surface area contributed by atoms with E-state index in [1.165, 1.54) is 9.70 Å². The van der Waals surface area contributed by atoms with Crippen LogP contribution in [0.15, 0.2) is 48.5 Å². The van der Waals surface area contributed by atoms with Crippen LogP contribution >= 0.6 is 11.6 Å². The first-order valence-corrected chi connectivity index (χ1v) is 9.02. The predicted octanol–water partition coefficient (Wildman–Crippen LogP) is 2.76. The number of nitrogens with one attached hydrogen (secondary N) is 1. The number of carbonyl (C=O) groups is 2. The quantitative estimate of drug-likeness (QED) is 0.734. The molecule has 2 amide bonds. The van der Waals surface area contributed by atoms with Crippen molar-refractivity contribution in [2.75, 3.05) is 10.2 Å². The van der Waals surface area contributed by atoms with Crippen molar-refractivity contribution in [1.82, 2.24) is 20.2 Å². The average Bonchev–Trinajstić information content (AvgIpc) is 3.11. The van der Waals surface area contributed by atoms with Crippen molar-refractivity contribution >= 4 is 34.8 Å². The van der Waals surface area contributed by atoms with E-state index in [0.29, 0.717) is 27.8 Å². The summed E-state index contributed by atoms with van der Waals surface area (Å²) in [7, 11) is 0. The monoisotopic (exact) mass is 396 g/mol. The highest BCUT2D eigenvalue weighted by Gasteiger charge is 2.43. The standard InChI is InChI=1S/C19H17ClN6O2/c1-19(2)18(28)21-14-9-5-6-10-15(14)26(19)16(27)11-25-23-17(22-24-25)12-7-3-4-8-13(12)20/h3-10H,11H2,1-2H3,(H,21,28). The third kappa shape index (κ3) is 3.01. The summed E-state index contributed by atoms with van der Waals surface area (Å²) in [4.78, 5) is 28.3. The minimum atomic E-state index is -1.06. The number of nitrogens with zero attached hydrogens (tertiary/aromatic N) is 5. The number of carbonyl (C=O) groups excluding carboxylic acids is 2. The SMILES string of the molecule is CC1(C)C(=O)Nc2ccccc2N1C(=O)Cn1nnc(-c2ccccc2Cl)n1. The van der Waals surface area contributed by atoms with Gasteiger partial charge in [0.15, 0.2) is 0 Å². The Hall–Kier alpha value is -3.26. The molecule has 1 aliphatic rings. The van der Waals surface area contributed by atoms with Crippen molar-refractivity contribution in [3.63, 3.8) is 0 Å². The lowest BCUT2D eigenvalue weighted by Gasteiger charge is -2.41. The predicted molar refractivity (Wildman–Crippen MR) is 105 cm³/mol. The highest BCUT2D eigenvalue weighted by atomic mass is 35.5. The van der Waals surface area contributed by atoms with Gasteiger partial charge in [-0.2, -0.15) is 4.80 Å². The Morgan fingerprint density at radius 1 is 1.14 bits per heavy atom. The maximum atomic E-state index is 13.1. The third-order valence-electron chi connectivity index (χ3n) is 4.60. The molecule has 1 aliphatic heterocycles. The minimum Gasteiger partial charge on any atom is -0.322 e. The van der Waals surface area contributed by atoms with Crippen LogP contribution < -0.4 is 10.2 Å². The van der Waals surface area contributed by atoms with Gasteiger partial charge in [-0.25, -0.2) is 0 Å². The van der Waals surface area contributed by atoms with E-state index in [1.807, 2.05) is 12.1 Å². The van der Waals surface area contributed by atoms with Gasteiger partial charge in [0.1, 0.15) is 12.1 Å². The lowest BCUT2D eigenvalue weighted by molar-refractivity contribution is -0.127. The van der Waals surface area contributed by atoms with Gasteiger partial charge in [0, 0.05) is 5.56 Å². The molecule has 8 nitrogen and oxygen atoms in total. The van der Waals surface area contributed by atoms with Gasteiger partial charge < -0.3 is 5.32 Å². The van der Waals surface area contributed by atoms with Crippen molar-refractivity contribution in [3.05, 3.63) is 53.6 Å². The third-order valence-corrected chi connectivity index (χ3v) is 4.93. The van der Waals surface area contributed by atoms with E-state index in [9.17, 15) is 9.59 Å². The summed E-state index contributed by atoms with van der Waals surface area (Å²) in [6.07, 6.45) is 0. The van der Waals surface area contributed by atoms with Crippen LogP contribution in [0.1, 0.15) is 13.8 Å². The van der Waals surface area contributed by atoms with Crippen molar-refractivity contribution in [2.45, 2.75) is 25.9 Å². The molecule has 0 saturated carbocycles. The van der Waals surface area contributed by atoms with E-state index in [1.54, 1.807) is 50.2 Å². The normalized spacial score (nSPS) is 15.1. The summed E-state index contributed by atoms with van der Waals surface area (Å²) in [5, 5.41) is 15.5. The fourth-order valence-corrected chi connectivity index (χ4v) is 3.37. The summed E-state index contributed by atoms with van der Waals surface area (Å²) in [6.45, 7) is 3.22. The second-order valence-electron chi connectivity index (χ2n) is 6.88. The van der Waals surface area contributed by atoms with Crippen molar-refractivity contribution in [2.24, 2.45) is 0 Å². The van der Waals surface area contributed by atoms with E-state index >= 15 is 0 Å². The highest BCUT2D eigenvalue weighted by molar-refractivity contribution is 6.33. The van der Waals surface area contributed by atoms with Crippen LogP contribution in [0.5, 0.6) is 0 Å². The number of tetrazole rings is 1. The lowest BCUT2D eigenvalue weighted by atomic mass is 9.96. The van der Waals surface area contributed by atoms with Crippen LogP contribution in [0, 0.1) is 0 Å². The Bertz CT molecular complexity index is 1080. The highest BCUT2D eigenvalue weighted by Crippen LogP contribution is 2.36. The summed E-state index contributed by atoms with van der Waals surface area (Å²) in [5.74, 6) is -0.257. The van der Waals surface area contributed by atoms with Gasteiger partial charge in [0.25, 0.3) is 5.91 Å². The molecule has 0 atom stereocenters. The molecule has 0 unspecified atom stereocenters. The van der Waals surface area contributed by atoms with Gasteiger partial charge in [-0.05, 0) is 43.3 Å². The van der Waals surface area contributed by atoms with Crippen LogP contribution in [0.25, 0.3) is 11.4 Å². The van der Waals surface area contributed by atoms with Gasteiger partial charge >= 0.3 is 0 Å². The first-order chi connectivity index (χ1) is 13.4. The van der Waals surface area contributed by atoms with Gasteiger partial charge in [0.2, 0.25) is 11.7 Å². The molecule has 0 spiro atoms. The van der Waals surface area contributed by atoms with Crippen LogP contribution in [0.3, 0.4) is 0 Å². The molecule has 1 N–H and O–H groups in total. The number of hydrogen-bond donors (Lipinski definition) is 1. The fourth-order valence-electron chi connectivity index (χ4n) is 3.15. The molecule has 1 aromatic heterocycles. The van der Waals surface area contributed by atoms with Gasteiger partial charge in [-0.3, -0.25) is 14.5 Å². The molecule has 0 fully saturated rings. The largest absolute Gasteiger partial charge is 0.322 e. The Kier molecular flexibility index (Phi) is 4.35. The van der Waals surface area contributed by atoms with E-state index in [2.05, 4.69) is 20.7 Å². The molecular formula is C19H17ClN6O2. The van der Waals surface area contributed by atoms with Crippen molar-refractivity contribution in [3.8, 4) is 11.4 Å². The molecule has 4 rings (SSSR count). The van der Waals surface area contributed by atoms with Gasteiger partial charge in [-0.15, -0.1) is 10.2 Å². The lowest BCUT2D eigenvalue weighted by Crippen LogP contribution is -2.59.